The van der Waals surface area contributed by atoms with E-state index in [4.69, 9.17) is 11.5 Å². The molecule has 0 aliphatic rings. The largest absolute Gasteiger partial charge is 0.397 e. The second kappa shape index (κ2) is 4.53. The highest BCUT2D eigenvalue weighted by molar-refractivity contribution is 5.74. The molecular formula is C14H14N2. The van der Waals surface area contributed by atoms with Crippen molar-refractivity contribution >= 4 is 23.5 Å². The minimum atomic E-state index is 0.621. The van der Waals surface area contributed by atoms with Gasteiger partial charge in [0.05, 0.1) is 11.4 Å². The summed E-state index contributed by atoms with van der Waals surface area (Å²) in [4.78, 5) is 0. The Kier molecular flexibility index (Phi) is 2.92. The van der Waals surface area contributed by atoms with Crippen LogP contribution in [0.5, 0.6) is 0 Å². The van der Waals surface area contributed by atoms with Crippen LogP contribution >= 0.6 is 0 Å². The Balaban J connectivity index is 2.21. The molecule has 0 aliphatic carbocycles. The number of nitrogens with two attached hydrogens (primary N) is 2. The molecule has 0 spiro atoms. The van der Waals surface area contributed by atoms with Gasteiger partial charge >= 0.3 is 0 Å². The molecule has 2 aromatic rings. The molecule has 0 fully saturated rings. The highest BCUT2D eigenvalue weighted by Gasteiger charge is 1.93. The summed E-state index contributed by atoms with van der Waals surface area (Å²) in [5.41, 5.74) is 14.8. The maximum Gasteiger partial charge on any atom is 0.0553 e. The van der Waals surface area contributed by atoms with Crippen LogP contribution in [-0.2, 0) is 0 Å². The quantitative estimate of drug-likeness (QED) is 0.591. The van der Waals surface area contributed by atoms with Crippen LogP contribution in [0.1, 0.15) is 11.1 Å². The average Bonchev–Trinajstić information content (AvgIpc) is 2.32. The molecular weight excluding hydrogens is 196 g/mol. The first-order valence-corrected chi connectivity index (χ1v) is 5.14. The lowest BCUT2D eigenvalue weighted by atomic mass is 10.1. The first-order valence-electron chi connectivity index (χ1n) is 5.14. The molecule has 4 N–H and O–H groups in total. The SMILES string of the molecule is Nc1ccc(/C=C\c2ccccc2)cc1N. The van der Waals surface area contributed by atoms with Crippen molar-refractivity contribution in [3.8, 4) is 0 Å². The van der Waals surface area contributed by atoms with Gasteiger partial charge in [0.1, 0.15) is 0 Å². The normalized spacial score (nSPS) is 10.8. The molecule has 0 saturated heterocycles. The van der Waals surface area contributed by atoms with Gasteiger partial charge in [-0.2, -0.15) is 0 Å². The first kappa shape index (κ1) is 10.3. The van der Waals surface area contributed by atoms with Gasteiger partial charge in [-0.15, -0.1) is 0 Å². The summed E-state index contributed by atoms with van der Waals surface area (Å²) in [7, 11) is 0. The van der Waals surface area contributed by atoms with E-state index in [2.05, 4.69) is 12.1 Å². The first-order chi connectivity index (χ1) is 7.75. The molecule has 0 heterocycles. The average molecular weight is 210 g/mol. The lowest BCUT2D eigenvalue weighted by Gasteiger charge is -2.00. The number of nitrogen functional groups attached to an aromatic ring is 2. The predicted octanol–water partition coefficient (Wildman–Crippen LogP) is 3.02. The van der Waals surface area contributed by atoms with Gasteiger partial charge in [0.25, 0.3) is 0 Å². The number of hydrogen-bond donors (Lipinski definition) is 2. The van der Waals surface area contributed by atoms with Crippen molar-refractivity contribution < 1.29 is 0 Å². The zero-order valence-electron chi connectivity index (χ0n) is 8.93. The number of benzene rings is 2. The molecule has 16 heavy (non-hydrogen) atoms. The molecule has 0 amide bonds. The van der Waals surface area contributed by atoms with E-state index < -0.39 is 0 Å². The molecule has 2 heteroatoms. The smallest absolute Gasteiger partial charge is 0.0553 e. The zero-order valence-corrected chi connectivity index (χ0v) is 8.93. The molecule has 0 bridgehead atoms. The summed E-state index contributed by atoms with van der Waals surface area (Å²) in [6.45, 7) is 0. The van der Waals surface area contributed by atoms with Crippen molar-refractivity contribution in [2.75, 3.05) is 11.5 Å². The fraction of sp³-hybridized carbons (Fsp3) is 0. The van der Waals surface area contributed by atoms with Gasteiger partial charge in [0, 0.05) is 0 Å². The highest BCUT2D eigenvalue weighted by Crippen LogP contribution is 2.17. The van der Waals surface area contributed by atoms with Crippen LogP contribution in [0, 0.1) is 0 Å². The standard InChI is InChI=1S/C14H14N2/c15-13-9-8-12(10-14(13)16)7-6-11-4-2-1-3-5-11/h1-10H,15-16H2/b7-6-. The fourth-order valence-electron chi connectivity index (χ4n) is 1.45. The molecule has 0 unspecified atom stereocenters. The molecule has 80 valence electrons. The molecule has 0 saturated carbocycles. The van der Waals surface area contributed by atoms with Crippen LogP contribution in [0.2, 0.25) is 0 Å². The van der Waals surface area contributed by atoms with Crippen LogP contribution in [0.15, 0.2) is 48.5 Å². The molecule has 0 atom stereocenters. The van der Waals surface area contributed by atoms with Gasteiger partial charge in [-0.3, -0.25) is 0 Å². The molecule has 0 aromatic heterocycles. The van der Waals surface area contributed by atoms with E-state index in [1.165, 1.54) is 0 Å². The molecule has 0 radical (unpaired) electrons. The highest BCUT2D eigenvalue weighted by atomic mass is 14.7. The summed E-state index contributed by atoms with van der Waals surface area (Å²) in [5.74, 6) is 0. The molecule has 2 nitrogen and oxygen atoms in total. The van der Waals surface area contributed by atoms with Crippen molar-refractivity contribution in [2.24, 2.45) is 0 Å². The fourth-order valence-corrected chi connectivity index (χ4v) is 1.45. The topological polar surface area (TPSA) is 52.0 Å². The molecule has 2 rings (SSSR count). The van der Waals surface area contributed by atoms with E-state index in [-0.39, 0.29) is 0 Å². The van der Waals surface area contributed by atoms with Gasteiger partial charge < -0.3 is 11.5 Å². The van der Waals surface area contributed by atoms with Crippen LogP contribution in [-0.4, -0.2) is 0 Å². The van der Waals surface area contributed by atoms with Gasteiger partial charge in [-0.25, -0.2) is 0 Å². The lowest BCUT2D eigenvalue weighted by molar-refractivity contribution is 1.62. The third-order valence-electron chi connectivity index (χ3n) is 2.38. The van der Waals surface area contributed by atoms with Gasteiger partial charge in [0.15, 0.2) is 0 Å². The summed E-state index contributed by atoms with van der Waals surface area (Å²) in [6.07, 6.45) is 4.07. The number of hydrogen-bond acceptors (Lipinski definition) is 2. The van der Waals surface area contributed by atoms with Crippen LogP contribution < -0.4 is 11.5 Å². The molecule has 0 aliphatic heterocycles. The summed E-state index contributed by atoms with van der Waals surface area (Å²) in [6, 6.07) is 15.8. The molecule has 2 aromatic carbocycles. The van der Waals surface area contributed by atoms with Gasteiger partial charge in [-0.05, 0) is 23.3 Å². The van der Waals surface area contributed by atoms with Gasteiger partial charge in [-0.1, -0.05) is 48.6 Å². The maximum atomic E-state index is 5.73. The predicted molar refractivity (Wildman–Crippen MR) is 70.6 cm³/mol. The van der Waals surface area contributed by atoms with E-state index >= 15 is 0 Å². The maximum absolute atomic E-state index is 5.73. The van der Waals surface area contributed by atoms with E-state index in [0.29, 0.717) is 11.4 Å². The Morgan fingerprint density at radius 1 is 0.688 bits per heavy atom. The Morgan fingerprint density at radius 3 is 2.06 bits per heavy atom. The zero-order chi connectivity index (χ0) is 11.4. The summed E-state index contributed by atoms with van der Waals surface area (Å²) in [5, 5.41) is 0. The van der Waals surface area contributed by atoms with Crippen molar-refractivity contribution in [3.63, 3.8) is 0 Å². The van der Waals surface area contributed by atoms with Crippen LogP contribution in [0.3, 0.4) is 0 Å². The summed E-state index contributed by atoms with van der Waals surface area (Å²) >= 11 is 0. The van der Waals surface area contributed by atoms with Crippen molar-refractivity contribution in [1.29, 1.82) is 0 Å². The van der Waals surface area contributed by atoms with Gasteiger partial charge in [0.2, 0.25) is 0 Å². The van der Waals surface area contributed by atoms with E-state index in [9.17, 15) is 0 Å². The minimum Gasteiger partial charge on any atom is -0.397 e. The third kappa shape index (κ3) is 2.42. The van der Waals surface area contributed by atoms with E-state index in [1.54, 1.807) is 0 Å². The monoisotopic (exact) mass is 210 g/mol. The Hall–Kier alpha value is -2.22. The number of anilines is 2. The second-order valence-electron chi connectivity index (χ2n) is 3.63. The van der Waals surface area contributed by atoms with Crippen molar-refractivity contribution in [2.45, 2.75) is 0 Å². The Morgan fingerprint density at radius 2 is 1.38 bits per heavy atom. The summed E-state index contributed by atoms with van der Waals surface area (Å²) < 4.78 is 0. The Bertz CT molecular complexity index is 501. The van der Waals surface area contributed by atoms with E-state index in [0.717, 1.165) is 11.1 Å². The second-order valence-corrected chi connectivity index (χ2v) is 3.63. The van der Waals surface area contributed by atoms with Crippen molar-refractivity contribution in [1.82, 2.24) is 0 Å². The minimum absolute atomic E-state index is 0.621. The van der Waals surface area contributed by atoms with Crippen LogP contribution in [0.25, 0.3) is 12.2 Å². The van der Waals surface area contributed by atoms with Crippen molar-refractivity contribution in [3.05, 3.63) is 59.7 Å². The lowest BCUT2D eigenvalue weighted by Crippen LogP contribution is -1.93. The number of rotatable bonds is 2. The van der Waals surface area contributed by atoms with Crippen LogP contribution in [0.4, 0.5) is 11.4 Å². The Labute approximate surface area is 95.2 Å². The third-order valence-corrected chi connectivity index (χ3v) is 2.38. The van der Waals surface area contributed by atoms with E-state index in [1.807, 2.05) is 48.6 Å².